The molecule has 1 aromatic rings. The maximum absolute atomic E-state index is 6.08. The van der Waals surface area contributed by atoms with Crippen molar-refractivity contribution in [2.75, 3.05) is 6.61 Å². The quantitative estimate of drug-likeness (QED) is 0.803. The second kappa shape index (κ2) is 4.11. The first-order valence-electron chi connectivity index (χ1n) is 4.75. The van der Waals surface area contributed by atoms with Crippen LogP contribution >= 0.6 is 27.5 Å². The lowest BCUT2D eigenvalue weighted by atomic mass is 10.2. The fourth-order valence-corrected chi connectivity index (χ4v) is 2.38. The molecule has 1 aliphatic carbocycles. The summed E-state index contributed by atoms with van der Waals surface area (Å²) in [6.45, 7) is 2.82. The molecule has 0 spiro atoms. The summed E-state index contributed by atoms with van der Waals surface area (Å²) in [4.78, 5) is 0. The highest BCUT2D eigenvalue weighted by Crippen LogP contribution is 2.35. The number of halogens is 2. The topological polar surface area (TPSA) is 9.23 Å². The van der Waals surface area contributed by atoms with E-state index in [1.807, 2.05) is 19.1 Å². The molecule has 0 amide bonds. The van der Waals surface area contributed by atoms with E-state index in [9.17, 15) is 0 Å². The molecule has 0 saturated heterocycles. The number of aryl methyl sites for hydroxylation is 1. The van der Waals surface area contributed by atoms with E-state index in [1.165, 1.54) is 12.8 Å². The Morgan fingerprint density at radius 3 is 2.79 bits per heavy atom. The summed E-state index contributed by atoms with van der Waals surface area (Å²) in [5.41, 5.74) is 1.09. The van der Waals surface area contributed by atoms with Crippen LogP contribution in [0.1, 0.15) is 18.4 Å². The Morgan fingerprint density at radius 2 is 2.21 bits per heavy atom. The monoisotopic (exact) mass is 274 g/mol. The molecule has 0 atom stereocenters. The minimum atomic E-state index is 0.692. The third-order valence-electron chi connectivity index (χ3n) is 2.35. The van der Waals surface area contributed by atoms with Crippen molar-refractivity contribution >= 4 is 27.5 Å². The molecular weight excluding hydrogens is 263 g/mol. The predicted molar refractivity (Wildman–Crippen MR) is 62.1 cm³/mol. The van der Waals surface area contributed by atoms with Gasteiger partial charge in [-0.15, -0.1) is 0 Å². The van der Waals surface area contributed by atoms with E-state index < -0.39 is 0 Å². The molecule has 0 radical (unpaired) electrons. The highest BCUT2D eigenvalue weighted by atomic mass is 79.9. The molecule has 1 fully saturated rings. The molecule has 14 heavy (non-hydrogen) atoms. The molecule has 0 unspecified atom stereocenters. The molecule has 0 heterocycles. The van der Waals surface area contributed by atoms with Crippen LogP contribution in [0.15, 0.2) is 16.6 Å². The van der Waals surface area contributed by atoms with Crippen molar-refractivity contribution in [2.24, 2.45) is 5.92 Å². The lowest BCUT2D eigenvalue weighted by Gasteiger charge is -2.10. The van der Waals surface area contributed by atoms with Gasteiger partial charge in [-0.2, -0.15) is 0 Å². The molecule has 1 saturated carbocycles. The molecule has 0 aliphatic heterocycles. The van der Waals surface area contributed by atoms with Gasteiger partial charge in [-0.1, -0.05) is 27.5 Å². The second-order valence-corrected chi connectivity index (χ2v) is 5.11. The average Bonchev–Trinajstić information content (AvgIpc) is 2.85. The zero-order valence-corrected chi connectivity index (χ0v) is 10.4. The van der Waals surface area contributed by atoms with Crippen LogP contribution in [0.4, 0.5) is 0 Å². The molecular formula is C11H12BrClO. The van der Waals surface area contributed by atoms with Crippen LogP contribution in [0.25, 0.3) is 0 Å². The standard InChI is InChI=1S/C11H12BrClO/c1-7-4-9(12)5-10(13)11(7)14-6-8-2-3-8/h4-5,8H,2-3,6H2,1H3. The van der Waals surface area contributed by atoms with Gasteiger partial charge in [0.2, 0.25) is 0 Å². The summed E-state index contributed by atoms with van der Waals surface area (Å²) in [5, 5.41) is 0.692. The molecule has 0 bridgehead atoms. The molecule has 1 nitrogen and oxygen atoms in total. The normalized spacial score (nSPS) is 15.6. The zero-order chi connectivity index (χ0) is 10.1. The fraction of sp³-hybridized carbons (Fsp3) is 0.455. The smallest absolute Gasteiger partial charge is 0.140 e. The summed E-state index contributed by atoms with van der Waals surface area (Å²) in [7, 11) is 0. The van der Waals surface area contributed by atoms with Crippen LogP contribution in [0.3, 0.4) is 0 Å². The van der Waals surface area contributed by atoms with Gasteiger partial charge in [-0.25, -0.2) is 0 Å². The van der Waals surface area contributed by atoms with Gasteiger partial charge in [0, 0.05) is 4.47 Å². The fourth-order valence-electron chi connectivity index (χ4n) is 1.36. The van der Waals surface area contributed by atoms with Gasteiger partial charge >= 0.3 is 0 Å². The van der Waals surface area contributed by atoms with Crippen LogP contribution in [-0.4, -0.2) is 6.61 Å². The number of hydrogen-bond donors (Lipinski definition) is 0. The summed E-state index contributed by atoms with van der Waals surface area (Å²) in [6, 6.07) is 3.89. The predicted octanol–water partition coefficient (Wildman–Crippen LogP) is 4.20. The van der Waals surface area contributed by atoms with Crippen molar-refractivity contribution in [1.29, 1.82) is 0 Å². The molecule has 3 heteroatoms. The largest absolute Gasteiger partial charge is 0.491 e. The number of rotatable bonds is 3. The van der Waals surface area contributed by atoms with Crippen molar-refractivity contribution < 1.29 is 4.74 Å². The lowest BCUT2D eigenvalue weighted by Crippen LogP contribution is -2.01. The van der Waals surface area contributed by atoms with Crippen LogP contribution in [-0.2, 0) is 0 Å². The summed E-state index contributed by atoms with van der Waals surface area (Å²) in [6.07, 6.45) is 2.60. The SMILES string of the molecule is Cc1cc(Br)cc(Cl)c1OCC1CC1. The van der Waals surface area contributed by atoms with Crippen molar-refractivity contribution in [3.8, 4) is 5.75 Å². The van der Waals surface area contributed by atoms with Gasteiger partial charge in [0.15, 0.2) is 0 Å². The summed E-state index contributed by atoms with van der Waals surface area (Å²) >= 11 is 9.48. The Hall–Kier alpha value is -0.210. The van der Waals surface area contributed by atoms with Crippen molar-refractivity contribution in [3.63, 3.8) is 0 Å². The zero-order valence-electron chi connectivity index (χ0n) is 8.02. The van der Waals surface area contributed by atoms with Crippen molar-refractivity contribution in [3.05, 3.63) is 27.2 Å². The van der Waals surface area contributed by atoms with Gasteiger partial charge in [0.05, 0.1) is 11.6 Å². The van der Waals surface area contributed by atoms with Crippen LogP contribution in [0, 0.1) is 12.8 Å². The number of benzene rings is 1. The van der Waals surface area contributed by atoms with E-state index in [0.717, 1.165) is 28.3 Å². The third-order valence-corrected chi connectivity index (χ3v) is 3.09. The van der Waals surface area contributed by atoms with Crippen LogP contribution in [0.2, 0.25) is 5.02 Å². The maximum Gasteiger partial charge on any atom is 0.140 e. The van der Waals surface area contributed by atoms with E-state index in [0.29, 0.717) is 5.02 Å². The summed E-state index contributed by atoms with van der Waals surface area (Å²) < 4.78 is 6.69. The van der Waals surface area contributed by atoms with E-state index in [1.54, 1.807) is 0 Å². The first-order chi connectivity index (χ1) is 6.66. The minimum Gasteiger partial charge on any atom is -0.491 e. The molecule has 0 N–H and O–H groups in total. The Bertz CT molecular complexity index is 324. The first-order valence-corrected chi connectivity index (χ1v) is 5.92. The Labute approximate surface area is 97.5 Å². The average molecular weight is 276 g/mol. The second-order valence-electron chi connectivity index (χ2n) is 3.79. The molecule has 1 aliphatic rings. The van der Waals surface area contributed by atoms with E-state index in [2.05, 4.69) is 15.9 Å². The minimum absolute atomic E-state index is 0.692. The highest BCUT2D eigenvalue weighted by molar-refractivity contribution is 9.10. The highest BCUT2D eigenvalue weighted by Gasteiger charge is 2.22. The van der Waals surface area contributed by atoms with Crippen molar-refractivity contribution in [2.45, 2.75) is 19.8 Å². The molecule has 0 aromatic heterocycles. The van der Waals surface area contributed by atoms with E-state index >= 15 is 0 Å². The molecule has 2 rings (SSSR count). The molecule has 1 aromatic carbocycles. The Morgan fingerprint density at radius 1 is 1.50 bits per heavy atom. The number of hydrogen-bond acceptors (Lipinski definition) is 1. The van der Waals surface area contributed by atoms with Gasteiger partial charge in [0.25, 0.3) is 0 Å². The van der Waals surface area contributed by atoms with Gasteiger partial charge in [0.1, 0.15) is 5.75 Å². The first kappa shape index (κ1) is 10.3. The molecule has 76 valence electrons. The van der Waals surface area contributed by atoms with E-state index in [-0.39, 0.29) is 0 Å². The van der Waals surface area contributed by atoms with Crippen LogP contribution < -0.4 is 4.74 Å². The van der Waals surface area contributed by atoms with Crippen LogP contribution in [0.5, 0.6) is 5.75 Å². The Balaban J connectivity index is 2.13. The Kier molecular flexibility index (Phi) is 3.03. The van der Waals surface area contributed by atoms with Gasteiger partial charge < -0.3 is 4.74 Å². The third kappa shape index (κ3) is 2.43. The van der Waals surface area contributed by atoms with E-state index in [4.69, 9.17) is 16.3 Å². The van der Waals surface area contributed by atoms with Gasteiger partial charge in [-0.05, 0) is 43.4 Å². The van der Waals surface area contributed by atoms with Crippen molar-refractivity contribution in [1.82, 2.24) is 0 Å². The van der Waals surface area contributed by atoms with Gasteiger partial charge in [-0.3, -0.25) is 0 Å². The maximum atomic E-state index is 6.08. The number of ether oxygens (including phenoxy) is 1. The summed E-state index contributed by atoms with van der Waals surface area (Å²) in [5.74, 6) is 1.59. The lowest BCUT2D eigenvalue weighted by molar-refractivity contribution is 0.298.